The molecule has 1 unspecified atom stereocenters. The Hall–Kier alpha value is -0.190. The van der Waals surface area contributed by atoms with Gasteiger partial charge in [-0.25, -0.2) is 0 Å². The molecule has 0 N–H and O–H groups in total. The van der Waals surface area contributed by atoms with Crippen LogP contribution in [0.5, 0.6) is 0 Å². The van der Waals surface area contributed by atoms with Gasteiger partial charge in [0, 0.05) is 10.5 Å². The number of nitrogens with zero attached hydrogens (tertiary/aromatic N) is 1. The van der Waals surface area contributed by atoms with Crippen LogP contribution in [0.1, 0.15) is 49.7 Å². The number of halogens is 1. The highest BCUT2D eigenvalue weighted by Crippen LogP contribution is 2.23. The maximum atomic E-state index is 12.3. The SMILES string of the molecule is CCCCN(CC(=O)c1sccc1Br)C(C)CC. The topological polar surface area (TPSA) is 20.3 Å². The fourth-order valence-corrected chi connectivity index (χ4v) is 3.35. The molecule has 0 aliphatic carbocycles. The summed E-state index contributed by atoms with van der Waals surface area (Å²) in [5, 5.41) is 1.96. The molecule has 0 saturated carbocycles. The van der Waals surface area contributed by atoms with E-state index < -0.39 is 0 Å². The molecule has 1 heterocycles. The molecular formula is C14H22BrNOS. The molecule has 0 fully saturated rings. The van der Waals surface area contributed by atoms with Crippen molar-refractivity contribution in [1.29, 1.82) is 0 Å². The van der Waals surface area contributed by atoms with Crippen LogP contribution in [0.3, 0.4) is 0 Å². The minimum absolute atomic E-state index is 0.230. The lowest BCUT2D eigenvalue weighted by atomic mass is 10.1. The van der Waals surface area contributed by atoms with E-state index in [0.717, 1.165) is 28.7 Å². The lowest BCUT2D eigenvalue weighted by Gasteiger charge is -2.27. The Bertz CT molecular complexity index is 378. The van der Waals surface area contributed by atoms with Crippen LogP contribution in [0.2, 0.25) is 0 Å². The van der Waals surface area contributed by atoms with Gasteiger partial charge in [0.05, 0.1) is 11.4 Å². The van der Waals surface area contributed by atoms with Crippen LogP contribution in [0, 0.1) is 0 Å². The predicted octanol–water partition coefficient (Wildman–Crippen LogP) is 4.59. The minimum atomic E-state index is 0.230. The van der Waals surface area contributed by atoms with Crippen molar-refractivity contribution in [2.75, 3.05) is 13.1 Å². The number of hydrogen-bond acceptors (Lipinski definition) is 3. The van der Waals surface area contributed by atoms with E-state index in [1.54, 1.807) is 0 Å². The maximum Gasteiger partial charge on any atom is 0.187 e. The van der Waals surface area contributed by atoms with Crippen LogP contribution >= 0.6 is 27.3 Å². The van der Waals surface area contributed by atoms with Gasteiger partial charge in [-0.1, -0.05) is 20.3 Å². The van der Waals surface area contributed by atoms with Crippen molar-refractivity contribution < 1.29 is 4.79 Å². The van der Waals surface area contributed by atoms with E-state index in [0.29, 0.717) is 12.6 Å². The van der Waals surface area contributed by atoms with E-state index >= 15 is 0 Å². The number of hydrogen-bond donors (Lipinski definition) is 0. The number of ketones is 1. The zero-order chi connectivity index (χ0) is 13.5. The Morgan fingerprint density at radius 1 is 1.50 bits per heavy atom. The molecule has 2 nitrogen and oxygen atoms in total. The van der Waals surface area contributed by atoms with Gasteiger partial charge in [-0.05, 0) is 53.7 Å². The van der Waals surface area contributed by atoms with Crippen molar-refractivity contribution in [1.82, 2.24) is 4.90 Å². The monoisotopic (exact) mass is 331 g/mol. The smallest absolute Gasteiger partial charge is 0.187 e. The molecular weight excluding hydrogens is 310 g/mol. The van der Waals surface area contributed by atoms with Gasteiger partial charge in [-0.15, -0.1) is 11.3 Å². The second kappa shape index (κ2) is 8.08. The number of carbonyl (C=O) groups is 1. The van der Waals surface area contributed by atoms with Crippen molar-refractivity contribution in [3.8, 4) is 0 Å². The van der Waals surface area contributed by atoms with E-state index in [4.69, 9.17) is 0 Å². The average molecular weight is 332 g/mol. The lowest BCUT2D eigenvalue weighted by molar-refractivity contribution is 0.0897. The first-order valence-electron chi connectivity index (χ1n) is 6.60. The highest BCUT2D eigenvalue weighted by molar-refractivity contribution is 9.10. The fraction of sp³-hybridized carbons (Fsp3) is 0.643. The lowest BCUT2D eigenvalue weighted by Crippen LogP contribution is -2.37. The zero-order valence-corrected chi connectivity index (χ0v) is 13.8. The summed E-state index contributed by atoms with van der Waals surface area (Å²) in [7, 11) is 0. The molecule has 1 atom stereocenters. The molecule has 1 aromatic rings. The summed E-state index contributed by atoms with van der Waals surface area (Å²) in [5.41, 5.74) is 0. The predicted molar refractivity (Wildman–Crippen MR) is 82.6 cm³/mol. The summed E-state index contributed by atoms with van der Waals surface area (Å²) in [4.78, 5) is 15.4. The van der Waals surface area contributed by atoms with Gasteiger partial charge in [-0.3, -0.25) is 9.69 Å². The Balaban J connectivity index is 2.65. The second-order valence-electron chi connectivity index (χ2n) is 4.60. The van der Waals surface area contributed by atoms with Crippen LogP contribution in [0.4, 0.5) is 0 Å². The third kappa shape index (κ3) is 4.48. The number of unbranched alkanes of at least 4 members (excludes halogenated alkanes) is 1. The normalized spacial score (nSPS) is 12.9. The van der Waals surface area contributed by atoms with Gasteiger partial charge in [0.25, 0.3) is 0 Å². The third-order valence-electron chi connectivity index (χ3n) is 3.23. The molecule has 0 bridgehead atoms. The molecule has 102 valence electrons. The first kappa shape index (κ1) is 15.9. The van der Waals surface area contributed by atoms with Gasteiger partial charge < -0.3 is 0 Å². The average Bonchev–Trinajstić information content (AvgIpc) is 2.79. The summed E-state index contributed by atoms with van der Waals surface area (Å²) < 4.78 is 0.928. The second-order valence-corrected chi connectivity index (χ2v) is 6.37. The number of rotatable bonds is 8. The van der Waals surface area contributed by atoms with E-state index in [1.807, 2.05) is 11.4 Å². The third-order valence-corrected chi connectivity index (χ3v) is 5.11. The summed E-state index contributed by atoms with van der Waals surface area (Å²) in [5.74, 6) is 0.230. The largest absolute Gasteiger partial charge is 0.293 e. The highest BCUT2D eigenvalue weighted by atomic mass is 79.9. The molecule has 18 heavy (non-hydrogen) atoms. The van der Waals surface area contributed by atoms with Crippen molar-refractivity contribution in [3.63, 3.8) is 0 Å². The maximum absolute atomic E-state index is 12.3. The van der Waals surface area contributed by atoms with Gasteiger partial charge in [0.1, 0.15) is 0 Å². The van der Waals surface area contributed by atoms with Crippen LogP contribution in [-0.2, 0) is 0 Å². The van der Waals surface area contributed by atoms with Gasteiger partial charge in [-0.2, -0.15) is 0 Å². The quantitative estimate of drug-likeness (QED) is 0.649. The minimum Gasteiger partial charge on any atom is -0.293 e. The van der Waals surface area contributed by atoms with E-state index in [-0.39, 0.29) is 5.78 Å². The molecule has 0 amide bonds. The first-order valence-corrected chi connectivity index (χ1v) is 8.27. The summed E-state index contributed by atoms with van der Waals surface area (Å²) in [6.07, 6.45) is 3.41. The molecule has 0 aromatic carbocycles. The van der Waals surface area contributed by atoms with Gasteiger partial charge >= 0.3 is 0 Å². The van der Waals surface area contributed by atoms with Crippen LogP contribution in [0.25, 0.3) is 0 Å². The Kier molecular flexibility index (Phi) is 7.12. The Labute approximate surface area is 123 Å². The molecule has 0 saturated heterocycles. The zero-order valence-electron chi connectivity index (χ0n) is 11.4. The molecule has 1 aromatic heterocycles. The number of carbonyl (C=O) groups excluding carboxylic acids is 1. The Morgan fingerprint density at radius 2 is 2.22 bits per heavy atom. The van der Waals surface area contributed by atoms with Crippen molar-refractivity contribution in [2.45, 2.75) is 46.1 Å². The van der Waals surface area contributed by atoms with Crippen molar-refractivity contribution in [2.24, 2.45) is 0 Å². The highest BCUT2D eigenvalue weighted by Gasteiger charge is 2.18. The summed E-state index contributed by atoms with van der Waals surface area (Å²) >= 11 is 4.95. The van der Waals surface area contributed by atoms with E-state index in [1.165, 1.54) is 17.8 Å². The molecule has 0 spiro atoms. The first-order chi connectivity index (χ1) is 8.60. The van der Waals surface area contributed by atoms with Crippen LogP contribution < -0.4 is 0 Å². The summed E-state index contributed by atoms with van der Waals surface area (Å²) in [6, 6.07) is 2.41. The molecule has 0 aliphatic rings. The van der Waals surface area contributed by atoms with Gasteiger partial charge in [0.2, 0.25) is 0 Å². The number of thiophene rings is 1. The van der Waals surface area contributed by atoms with Crippen molar-refractivity contribution >= 4 is 33.0 Å². The summed E-state index contributed by atoms with van der Waals surface area (Å²) in [6.45, 7) is 8.11. The van der Waals surface area contributed by atoms with Crippen LogP contribution in [-0.4, -0.2) is 29.8 Å². The molecule has 0 aliphatic heterocycles. The fourth-order valence-electron chi connectivity index (χ4n) is 1.82. The van der Waals surface area contributed by atoms with Crippen LogP contribution in [0.15, 0.2) is 15.9 Å². The van der Waals surface area contributed by atoms with E-state index in [2.05, 4.69) is 41.6 Å². The molecule has 0 radical (unpaired) electrons. The van der Waals surface area contributed by atoms with E-state index in [9.17, 15) is 4.79 Å². The van der Waals surface area contributed by atoms with Crippen molar-refractivity contribution in [3.05, 3.63) is 20.8 Å². The van der Waals surface area contributed by atoms with Gasteiger partial charge in [0.15, 0.2) is 5.78 Å². The number of Topliss-reactive ketones (excluding diaryl/α,β-unsaturated/α-hetero) is 1. The molecule has 4 heteroatoms. The Morgan fingerprint density at radius 3 is 2.72 bits per heavy atom. The molecule has 1 rings (SSSR count). The standard InChI is InChI=1S/C14H22BrNOS/c1-4-6-8-16(11(3)5-2)10-13(17)14-12(15)7-9-18-14/h7,9,11H,4-6,8,10H2,1-3H3.